The molecule has 1 aromatic heterocycles. The van der Waals surface area contributed by atoms with Crippen molar-refractivity contribution in [3.63, 3.8) is 0 Å². The normalized spacial score (nSPS) is 14.3. The molecule has 7 heteroatoms. The van der Waals surface area contributed by atoms with E-state index in [2.05, 4.69) is 15.1 Å². The SMILES string of the molecule is Cc1ccccc1CC(=O)N1CCN(c2nnc(Cc3ccc(F)cc3)s2)CC1. The van der Waals surface area contributed by atoms with Gasteiger partial charge in [-0.15, -0.1) is 10.2 Å². The highest BCUT2D eigenvalue weighted by Gasteiger charge is 2.23. The fraction of sp³-hybridized carbons (Fsp3) is 0.318. The minimum absolute atomic E-state index is 0.174. The van der Waals surface area contributed by atoms with Crippen LogP contribution in [0.1, 0.15) is 21.7 Å². The standard InChI is InChI=1S/C22H23FN4OS/c1-16-4-2-3-5-18(16)15-21(28)26-10-12-27(13-11-26)22-25-24-20(29-22)14-17-6-8-19(23)9-7-17/h2-9H,10-15H2,1H3. The van der Waals surface area contributed by atoms with Crippen LogP contribution in [0.3, 0.4) is 0 Å². The van der Waals surface area contributed by atoms with E-state index in [4.69, 9.17) is 0 Å². The molecule has 0 N–H and O–H groups in total. The lowest BCUT2D eigenvalue weighted by Crippen LogP contribution is -2.49. The van der Waals surface area contributed by atoms with Gasteiger partial charge in [0.2, 0.25) is 11.0 Å². The van der Waals surface area contributed by atoms with Crippen LogP contribution in [-0.2, 0) is 17.6 Å². The van der Waals surface area contributed by atoms with Crippen molar-refractivity contribution in [3.05, 3.63) is 76.0 Å². The number of carbonyl (C=O) groups is 1. The molecular formula is C22H23FN4OS. The number of hydrogen-bond acceptors (Lipinski definition) is 5. The minimum Gasteiger partial charge on any atom is -0.343 e. The summed E-state index contributed by atoms with van der Waals surface area (Å²) in [7, 11) is 0. The molecule has 0 atom stereocenters. The molecule has 0 spiro atoms. The first-order chi connectivity index (χ1) is 14.1. The molecule has 1 aliphatic rings. The number of aryl methyl sites for hydroxylation is 1. The smallest absolute Gasteiger partial charge is 0.227 e. The highest BCUT2D eigenvalue weighted by molar-refractivity contribution is 7.15. The summed E-state index contributed by atoms with van der Waals surface area (Å²) in [5.74, 6) is -0.0604. The van der Waals surface area contributed by atoms with Crippen LogP contribution in [-0.4, -0.2) is 47.2 Å². The number of carbonyl (C=O) groups excluding carboxylic acids is 1. The van der Waals surface area contributed by atoms with Gasteiger partial charge >= 0.3 is 0 Å². The van der Waals surface area contributed by atoms with Gasteiger partial charge in [-0.25, -0.2) is 4.39 Å². The molecular weight excluding hydrogens is 387 g/mol. The van der Waals surface area contributed by atoms with Gasteiger partial charge in [0.25, 0.3) is 0 Å². The molecule has 2 heterocycles. The third kappa shape index (κ3) is 4.79. The molecule has 1 fully saturated rings. The zero-order valence-corrected chi connectivity index (χ0v) is 17.2. The van der Waals surface area contributed by atoms with Crippen LogP contribution in [0.15, 0.2) is 48.5 Å². The van der Waals surface area contributed by atoms with Gasteiger partial charge in [-0.05, 0) is 35.7 Å². The summed E-state index contributed by atoms with van der Waals surface area (Å²) in [6, 6.07) is 14.5. The zero-order chi connectivity index (χ0) is 20.2. The van der Waals surface area contributed by atoms with E-state index in [1.165, 1.54) is 12.1 Å². The molecule has 1 amide bonds. The Balaban J connectivity index is 1.31. The lowest BCUT2D eigenvalue weighted by atomic mass is 10.1. The molecule has 4 rings (SSSR count). The topological polar surface area (TPSA) is 49.3 Å². The van der Waals surface area contributed by atoms with Gasteiger partial charge in [0.1, 0.15) is 10.8 Å². The average molecular weight is 411 g/mol. The molecule has 2 aromatic carbocycles. The summed E-state index contributed by atoms with van der Waals surface area (Å²) in [6.07, 6.45) is 1.10. The Morgan fingerprint density at radius 1 is 1.03 bits per heavy atom. The first-order valence-electron chi connectivity index (χ1n) is 9.72. The largest absolute Gasteiger partial charge is 0.343 e. The van der Waals surface area contributed by atoms with Gasteiger partial charge in [-0.1, -0.05) is 47.7 Å². The van der Waals surface area contributed by atoms with Crippen LogP contribution in [0.25, 0.3) is 0 Å². The summed E-state index contributed by atoms with van der Waals surface area (Å²) >= 11 is 1.56. The van der Waals surface area contributed by atoms with E-state index >= 15 is 0 Å². The van der Waals surface area contributed by atoms with Crippen molar-refractivity contribution in [2.75, 3.05) is 31.1 Å². The molecule has 3 aromatic rings. The van der Waals surface area contributed by atoms with E-state index in [-0.39, 0.29) is 11.7 Å². The lowest BCUT2D eigenvalue weighted by Gasteiger charge is -2.34. The average Bonchev–Trinajstić information content (AvgIpc) is 3.20. The number of nitrogens with zero attached hydrogens (tertiary/aromatic N) is 4. The zero-order valence-electron chi connectivity index (χ0n) is 16.3. The highest BCUT2D eigenvalue weighted by Crippen LogP contribution is 2.24. The molecule has 1 aliphatic heterocycles. The number of hydrogen-bond donors (Lipinski definition) is 0. The van der Waals surface area contributed by atoms with Crippen LogP contribution < -0.4 is 4.90 Å². The fourth-order valence-electron chi connectivity index (χ4n) is 3.45. The van der Waals surface area contributed by atoms with Crippen LogP contribution in [0.2, 0.25) is 0 Å². The van der Waals surface area contributed by atoms with Gasteiger partial charge in [0.05, 0.1) is 6.42 Å². The highest BCUT2D eigenvalue weighted by atomic mass is 32.1. The second-order valence-electron chi connectivity index (χ2n) is 7.25. The number of aromatic nitrogens is 2. The van der Waals surface area contributed by atoms with Crippen molar-refractivity contribution in [1.29, 1.82) is 0 Å². The van der Waals surface area contributed by atoms with E-state index in [1.54, 1.807) is 23.5 Å². The molecule has 0 saturated carbocycles. The van der Waals surface area contributed by atoms with Gasteiger partial charge in [-0.3, -0.25) is 4.79 Å². The van der Waals surface area contributed by atoms with Crippen LogP contribution in [0.4, 0.5) is 9.52 Å². The summed E-state index contributed by atoms with van der Waals surface area (Å²) in [5.41, 5.74) is 3.26. The third-order valence-corrected chi connectivity index (χ3v) is 6.21. The number of benzene rings is 2. The third-order valence-electron chi connectivity index (χ3n) is 5.23. The Morgan fingerprint density at radius 2 is 1.76 bits per heavy atom. The monoisotopic (exact) mass is 410 g/mol. The Kier molecular flexibility index (Phi) is 5.85. The summed E-state index contributed by atoms with van der Waals surface area (Å²) < 4.78 is 13.0. The molecule has 1 saturated heterocycles. The Hall–Kier alpha value is -2.80. The van der Waals surface area contributed by atoms with Crippen molar-refractivity contribution in [1.82, 2.24) is 15.1 Å². The summed E-state index contributed by atoms with van der Waals surface area (Å²) in [4.78, 5) is 16.8. The number of rotatable bonds is 5. The summed E-state index contributed by atoms with van der Waals surface area (Å²) in [5, 5.41) is 10.4. The second-order valence-corrected chi connectivity index (χ2v) is 8.29. The molecule has 0 bridgehead atoms. The van der Waals surface area contributed by atoms with Gasteiger partial charge in [0, 0.05) is 32.6 Å². The van der Waals surface area contributed by atoms with Gasteiger partial charge in [0.15, 0.2) is 0 Å². The van der Waals surface area contributed by atoms with E-state index in [9.17, 15) is 9.18 Å². The van der Waals surface area contributed by atoms with Crippen molar-refractivity contribution in [2.45, 2.75) is 19.8 Å². The Morgan fingerprint density at radius 3 is 2.48 bits per heavy atom. The number of piperazine rings is 1. The van der Waals surface area contributed by atoms with Crippen LogP contribution in [0, 0.1) is 12.7 Å². The number of anilines is 1. The molecule has 0 aliphatic carbocycles. The minimum atomic E-state index is -0.235. The Bertz CT molecular complexity index is 980. The predicted octanol–water partition coefficient (Wildman–Crippen LogP) is 3.47. The van der Waals surface area contributed by atoms with E-state index < -0.39 is 0 Å². The van der Waals surface area contributed by atoms with Gasteiger partial charge in [-0.2, -0.15) is 0 Å². The maximum Gasteiger partial charge on any atom is 0.227 e. The van der Waals surface area contributed by atoms with Gasteiger partial charge < -0.3 is 9.80 Å². The predicted molar refractivity (Wildman–Crippen MR) is 113 cm³/mol. The van der Waals surface area contributed by atoms with E-state index in [0.717, 1.165) is 39.9 Å². The van der Waals surface area contributed by atoms with Crippen molar-refractivity contribution in [2.24, 2.45) is 0 Å². The maximum atomic E-state index is 13.0. The molecule has 0 radical (unpaired) electrons. The van der Waals surface area contributed by atoms with E-state index in [1.807, 2.05) is 36.1 Å². The van der Waals surface area contributed by atoms with E-state index in [0.29, 0.717) is 25.9 Å². The van der Waals surface area contributed by atoms with Crippen LogP contribution in [0.5, 0.6) is 0 Å². The number of halogens is 1. The Labute approximate surface area is 173 Å². The molecule has 0 unspecified atom stereocenters. The first kappa shape index (κ1) is 19.5. The molecule has 5 nitrogen and oxygen atoms in total. The quantitative estimate of drug-likeness (QED) is 0.646. The van der Waals surface area contributed by atoms with Crippen LogP contribution >= 0.6 is 11.3 Å². The second kappa shape index (κ2) is 8.69. The number of amides is 1. The van der Waals surface area contributed by atoms with Crippen molar-refractivity contribution < 1.29 is 9.18 Å². The fourth-order valence-corrected chi connectivity index (χ4v) is 4.38. The molecule has 150 valence electrons. The van der Waals surface area contributed by atoms with Crippen molar-refractivity contribution >= 4 is 22.4 Å². The maximum absolute atomic E-state index is 13.0. The molecule has 29 heavy (non-hydrogen) atoms. The first-order valence-corrected chi connectivity index (χ1v) is 10.5. The van der Waals surface area contributed by atoms with Crippen molar-refractivity contribution in [3.8, 4) is 0 Å². The summed E-state index contributed by atoms with van der Waals surface area (Å²) in [6.45, 7) is 4.93. The lowest BCUT2D eigenvalue weighted by molar-refractivity contribution is -0.130.